The Kier molecular flexibility index (Phi) is 67.2. The zero-order valence-electron chi connectivity index (χ0n) is 54.5. The van der Waals surface area contributed by atoms with E-state index in [-0.39, 0.29) is 31.1 Å². The Labute approximate surface area is 509 Å². The first-order valence-electron chi connectivity index (χ1n) is 35.6. The molecular weight excluding hydrogens is 1010 g/mol. The minimum absolute atomic E-state index is 0.0763. The molecule has 0 N–H and O–H groups in total. The van der Waals surface area contributed by atoms with Crippen molar-refractivity contribution < 1.29 is 28.6 Å². The van der Waals surface area contributed by atoms with Gasteiger partial charge < -0.3 is 14.2 Å². The van der Waals surface area contributed by atoms with Crippen molar-refractivity contribution >= 4 is 17.9 Å². The molecule has 0 heterocycles. The Morgan fingerprint density at radius 1 is 0.256 bits per heavy atom. The van der Waals surface area contributed by atoms with Crippen LogP contribution in [0, 0.1) is 0 Å². The molecule has 0 radical (unpaired) electrons. The largest absolute Gasteiger partial charge is 0.462 e. The summed E-state index contributed by atoms with van der Waals surface area (Å²) in [5.41, 5.74) is 0. The highest BCUT2D eigenvalue weighted by atomic mass is 16.6. The summed E-state index contributed by atoms with van der Waals surface area (Å²) in [6.45, 7) is 6.53. The van der Waals surface area contributed by atoms with E-state index in [9.17, 15) is 14.4 Å². The van der Waals surface area contributed by atoms with E-state index in [0.29, 0.717) is 19.3 Å². The molecule has 82 heavy (non-hydrogen) atoms. The quantitative estimate of drug-likeness (QED) is 0.0261. The molecule has 6 heteroatoms. The molecule has 0 rings (SSSR count). The first-order valence-corrected chi connectivity index (χ1v) is 35.6. The van der Waals surface area contributed by atoms with Crippen molar-refractivity contribution in [3.8, 4) is 0 Å². The third-order valence-electron chi connectivity index (χ3n) is 15.6. The molecule has 0 bridgehead atoms. The van der Waals surface area contributed by atoms with Gasteiger partial charge in [-0.25, -0.2) is 0 Å². The lowest BCUT2D eigenvalue weighted by atomic mass is 10.0. The zero-order valence-corrected chi connectivity index (χ0v) is 54.5. The van der Waals surface area contributed by atoms with Crippen LogP contribution in [0.15, 0.2) is 85.1 Å². The number of esters is 3. The number of allylic oxidation sites excluding steroid dienone is 14. The van der Waals surface area contributed by atoms with Gasteiger partial charge in [-0.3, -0.25) is 14.4 Å². The summed E-state index contributed by atoms with van der Waals surface area (Å²) >= 11 is 0. The van der Waals surface area contributed by atoms with E-state index in [1.54, 1.807) is 0 Å². The Balaban J connectivity index is 4.22. The molecule has 0 saturated heterocycles. The van der Waals surface area contributed by atoms with Crippen molar-refractivity contribution in [1.82, 2.24) is 0 Å². The molecular formula is C76H134O6. The summed E-state index contributed by atoms with van der Waals surface area (Å²) in [6, 6.07) is 0. The average Bonchev–Trinajstić information content (AvgIpc) is 3.47. The number of unbranched alkanes of at least 4 members (excludes halogenated alkanes) is 40. The summed E-state index contributed by atoms with van der Waals surface area (Å²) in [5, 5.41) is 0. The highest BCUT2D eigenvalue weighted by Crippen LogP contribution is 2.18. The molecule has 0 aromatic carbocycles. The fourth-order valence-electron chi connectivity index (χ4n) is 10.3. The molecule has 1 atom stereocenters. The number of carbonyl (C=O) groups excluding carboxylic acids is 3. The summed E-state index contributed by atoms with van der Waals surface area (Å²) in [4.78, 5) is 38.4. The highest BCUT2D eigenvalue weighted by molar-refractivity contribution is 5.71. The van der Waals surface area contributed by atoms with Crippen LogP contribution in [0.2, 0.25) is 0 Å². The fraction of sp³-hybridized carbons (Fsp3) is 0.776. The molecule has 6 nitrogen and oxygen atoms in total. The lowest BCUT2D eigenvalue weighted by Crippen LogP contribution is -2.30. The van der Waals surface area contributed by atoms with Crippen molar-refractivity contribution in [1.29, 1.82) is 0 Å². The summed E-state index contributed by atoms with van der Waals surface area (Å²) in [5.74, 6) is -0.869. The van der Waals surface area contributed by atoms with Gasteiger partial charge in [-0.15, -0.1) is 0 Å². The van der Waals surface area contributed by atoms with Gasteiger partial charge in [-0.2, -0.15) is 0 Å². The van der Waals surface area contributed by atoms with Gasteiger partial charge in [-0.05, 0) is 89.9 Å². The maximum atomic E-state index is 12.9. The molecule has 0 aliphatic rings. The smallest absolute Gasteiger partial charge is 0.306 e. The molecule has 0 aromatic rings. The van der Waals surface area contributed by atoms with E-state index >= 15 is 0 Å². The van der Waals surface area contributed by atoms with Crippen molar-refractivity contribution in [2.75, 3.05) is 13.2 Å². The first-order chi connectivity index (χ1) is 40.5. The van der Waals surface area contributed by atoms with Crippen LogP contribution < -0.4 is 0 Å². The van der Waals surface area contributed by atoms with Gasteiger partial charge in [-0.1, -0.05) is 337 Å². The summed E-state index contributed by atoms with van der Waals surface area (Å²) in [7, 11) is 0. The van der Waals surface area contributed by atoms with Crippen molar-refractivity contribution in [2.24, 2.45) is 0 Å². The molecule has 1 unspecified atom stereocenters. The lowest BCUT2D eigenvalue weighted by molar-refractivity contribution is -0.167. The van der Waals surface area contributed by atoms with Crippen LogP contribution in [-0.2, 0) is 28.6 Å². The third kappa shape index (κ3) is 67.4. The highest BCUT2D eigenvalue weighted by Gasteiger charge is 2.19. The predicted octanol–water partition coefficient (Wildman–Crippen LogP) is 24.6. The third-order valence-corrected chi connectivity index (χ3v) is 15.6. The van der Waals surface area contributed by atoms with Gasteiger partial charge in [0.05, 0.1) is 0 Å². The molecule has 0 aliphatic carbocycles. The van der Waals surface area contributed by atoms with E-state index < -0.39 is 6.10 Å². The monoisotopic (exact) mass is 1140 g/mol. The molecule has 0 spiro atoms. The summed E-state index contributed by atoms with van der Waals surface area (Å²) in [6.07, 6.45) is 93.3. The fourth-order valence-corrected chi connectivity index (χ4v) is 10.3. The van der Waals surface area contributed by atoms with Gasteiger partial charge in [0.25, 0.3) is 0 Å². The van der Waals surface area contributed by atoms with E-state index in [4.69, 9.17) is 14.2 Å². The van der Waals surface area contributed by atoms with E-state index in [1.165, 1.54) is 212 Å². The van der Waals surface area contributed by atoms with E-state index in [0.717, 1.165) is 109 Å². The SMILES string of the molecule is CC/C=C\C/C=C\C/C=C\C/C=C\C/C=C\CCCCCCCCCCCCCCCCCC(=O)OCC(COC(=O)CCCCCCC/C=C\C/C=C\CCCC)OC(=O)CCCCCCCCCCCCCCCCCCCCC. The van der Waals surface area contributed by atoms with Gasteiger partial charge >= 0.3 is 17.9 Å². The van der Waals surface area contributed by atoms with Gasteiger partial charge in [0.1, 0.15) is 13.2 Å². The molecule has 0 saturated carbocycles. The Bertz CT molecular complexity index is 1550. The number of hydrogen-bond acceptors (Lipinski definition) is 6. The number of carbonyl (C=O) groups is 3. The lowest BCUT2D eigenvalue weighted by Gasteiger charge is -2.18. The second-order valence-electron chi connectivity index (χ2n) is 23.8. The average molecular weight is 1140 g/mol. The maximum absolute atomic E-state index is 12.9. The molecule has 0 aliphatic heterocycles. The van der Waals surface area contributed by atoms with Crippen LogP contribution in [0.3, 0.4) is 0 Å². The molecule has 0 fully saturated rings. The number of hydrogen-bond donors (Lipinski definition) is 0. The molecule has 474 valence electrons. The van der Waals surface area contributed by atoms with Crippen LogP contribution in [0.4, 0.5) is 0 Å². The molecule has 0 aromatic heterocycles. The predicted molar refractivity (Wildman–Crippen MR) is 358 cm³/mol. The standard InChI is InChI=1S/C76H134O6/c1-4-7-10-13-16-19-22-25-28-30-32-33-34-35-36-37-38-39-40-41-42-43-45-46-48-51-54-57-60-63-66-69-75(78)81-72-73(71-80-74(77)68-65-62-59-56-53-50-27-24-21-18-15-12-9-6-3)82-76(79)70-67-64-61-58-55-52-49-47-44-31-29-26-23-20-17-14-11-8-5-2/h7,10,15-16,18-19,24-25,27-28,32-33,35-36,73H,4-6,8-9,11-14,17,20-23,26,29-31,34,37-72H2,1-3H3/b10-7-,18-15-,19-16-,27-24-,28-25-,33-32-,36-35-. The second kappa shape index (κ2) is 70.1. The molecule has 0 amide bonds. The minimum Gasteiger partial charge on any atom is -0.462 e. The van der Waals surface area contributed by atoms with Crippen molar-refractivity contribution in [2.45, 2.75) is 367 Å². The topological polar surface area (TPSA) is 78.9 Å². The Morgan fingerprint density at radius 2 is 0.488 bits per heavy atom. The van der Waals surface area contributed by atoms with Crippen LogP contribution >= 0.6 is 0 Å². The zero-order chi connectivity index (χ0) is 59.2. The van der Waals surface area contributed by atoms with Gasteiger partial charge in [0.15, 0.2) is 6.10 Å². The second-order valence-corrected chi connectivity index (χ2v) is 23.8. The van der Waals surface area contributed by atoms with Crippen molar-refractivity contribution in [3.63, 3.8) is 0 Å². The van der Waals surface area contributed by atoms with E-state index in [1.807, 2.05) is 0 Å². The Morgan fingerprint density at radius 3 is 0.780 bits per heavy atom. The van der Waals surface area contributed by atoms with Gasteiger partial charge in [0.2, 0.25) is 0 Å². The van der Waals surface area contributed by atoms with E-state index in [2.05, 4.69) is 106 Å². The van der Waals surface area contributed by atoms with Gasteiger partial charge in [0, 0.05) is 19.3 Å². The Hall–Kier alpha value is -3.41. The first kappa shape index (κ1) is 78.6. The minimum atomic E-state index is -0.781. The van der Waals surface area contributed by atoms with Crippen LogP contribution in [0.25, 0.3) is 0 Å². The normalized spacial score (nSPS) is 12.6. The maximum Gasteiger partial charge on any atom is 0.306 e. The number of rotatable bonds is 65. The summed E-state index contributed by atoms with van der Waals surface area (Å²) < 4.78 is 17.0. The van der Waals surface area contributed by atoms with Crippen LogP contribution in [-0.4, -0.2) is 37.2 Å². The number of ether oxygens (including phenoxy) is 3. The van der Waals surface area contributed by atoms with Crippen molar-refractivity contribution in [3.05, 3.63) is 85.1 Å². The van der Waals surface area contributed by atoms with Crippen LogP contribution in [0.1, 0.15) is 361 Å². The van der Waals surface area contributed by atoms with Crippen LogP contribution in [0.5, 0.6) is 0 Å².